The molecule has 0 saturated carbocycles. The quantitative estimate of drug-likeness (QED) is 0.842. The fourth-order valence-electron chi connectivity index (χ4n) is 1.47. The number of furan rings is 1. The van der Waals surface area contributed by atoms with Gasteiger partial charge in [-0.25, -0.2) is 0 Å². The van der Waals surface area contributed by atoms with E-state index in [9.17, 15) is 0 Å². The second-order valence-corrected chi connectivity index (χ2v) is 4.35. The average molecular weight is 284 g/mol. The van der Waals surface area contributed by atoms with Crippen LogP contribution in [0.5, 0.6) is 0 Å². The maximum Gasteiger partial charge on any atom is 0.0954 e. The van der Waals surface area contributed by atoms with Gasteiger partial charge in [0.2, 0.25) is 0 Å². The molecule has 0 aliphatic carbocycles. The molecule has 78 valence electrons. The van der Waals surface area contributed by atoms with E-state index in [0.29, 0.717) is 0 Å². The highest BCUT2D eigenvalue weighted by Crippen LogP contribution is 2.25. The molecule has 2 nitrogen and oxygen atoms in total. The first-order valence-corrected chi connectivity index (χ1v) is 5.72. The van der Waals surface area contributed by atoms with Crippen LogP contribution in [0.3, 0.4) is 0 Å². The van der Waals surface area contributed by atoms with Crippen molar-refractivity contribution in [1.82, 2.24) is 4.72 Å². The lowest BCUT2D eigenvalue weighted by Crippen LogP contribution is -2.12. The lowest BCUT2D eigenvalue weighted by atomic mass is 10.0. The summed E-state index contributed by atoms with van der Waals surface area (Å²) in [6, 6.07) is 10.1. The minimum atomic E-state index is 0.0459. The third kappa shape index (κ3) is 2.45. The lowest BCUT2D eigenvalue weighted by molar-refractivity contribution is 0.561. The Kier molecular flexibility index (Phi) is 3.51. The van der Waals surface area contributed by atoms with Crippen LogP contribution in [0.2, 0.25) is 0 Å². The van der Waals surface area contributed by atoms with Gasteiger partial charge in [-0.1, -0.05) is 40.9 Å². The van der Waals surface area contributed by atoms with Gasteiger partial charge in [-0.05, 0) is 23.8 Å². The predicted molar refractivity (Wildman–Crippen MR) is 66.8 cm³/mol. The summed E-state index contributed by atoms with van der Waals surface area (Å²) >= 11 is 7.59. The molecule has 0 saturated heterocycles. The second-order valence-electron chi connectivity index (χ2n) is 3.17. The normalized spacial score (nSPS) is 12.7. The Morgan fingerprint density at radius 3 is 2.73 bits per heavy atom. The van der Waals surface area contributed by atoms with Crippen LogP contribution in [0, 0.1) is 0 Å². The van der Waals surface area contributed by atoms with Gasteiger partial charge >= 0.3 is 0 Å². The minimum absolute atomic E-state index is 0.0459. The first kappa shape index (κ1) is 10.8. The molecule has 0 aliphatic heterocycles. The Bertz CT molecular complexity index is 430. The summed E-state index contributed by atoms with van der Waals surface area (Å²) in [4.78, 5) is 0. The summed E-state index contributed by atoms with van der Waals surface area (Å²) in [5.41, 5.74) is 2.20. The molecular weight excluding hydrogens is 274 g/mol. The molecule has 15 heavy (non-hydrogen) atoms. The van der Waals surface area contributed by atoms with E-state index in [1.165, 1.54) is 0 Å². The Balaban J connectivity index is 2.35. The summed E-state index contributed by atoms with van der Waals surface area (Å²) in [6.07, 6.45) is 3.38. The van der Waals surface area contributed by atoms with Crippen LogP contribution < -0.4 is 4.72 Å². The Hall–Kier alpha value is -0.710. The zero-order valence-electron chi connectivity index (χ0n) is 7.85. The number of halogens is 1. The summed E-state index contributed by atoms with van der Waals surface area (Å²) in [7, 11) is 0. The molecule has 2 rings (SSSR count). The topological polar surface area (TPSA) is 25.2 Å². The molecule has 0 amide bonds. The Labute approximate surface area is 102 Å². The van der Waals surface area contributed by atoms with Crippen molar-refractivity contribution in [3.05, 3.63) is 58.5 Å². The molecule has 0 spiro atoms. The van der Waals surface area contributed by atoms with Crippen molar-refractivity contribution in [2.45, 2.75) is 6.04 Å². The standard InChI is InChI=1S/C11H10BrNOS/c12-10-3-1-2-8(6-10)11(13-15)9-4-5-14-7-9/h1-7,11,13,15H. The van der Waals surface area contributed by atoms with Gasteiger partial charge in [0, 0.05) is 10.0 Å². The second kappa shape index (κ2) is 4.88. The highest BCUT2D eigenvalue weighted by Gasteiger charge is 2.13. The minimum Gasteiger partial charge on any atom is -0.472 e. The number of benzene rings is 1. The van der Waals surface area contributed by atoms with E-state index in [0.717, 1.165) is 15.6 Å². The van der Waals surface area contributed by atoms with Crippen molar-refractivity contribution in [3.8, 4) is 0 Å². The average Bonchev–Trinajstić information content (AvgIpc) is 2.72. The smallest absolute Gasteiger partial charge is 0.0954 e. The van der Waals surface area contributed by atoms with Gasteiger partial charge in [0.05, 0.1) is 18.6 Å². The molecule has 1 aromatic carbocycles. The molecule has 0 fully saturated rings. The van der Waals surface area contributed by atoms with Crippen molar-refractivity contribution in [2.75, 3.05) is 0 Å². The van der Waals surface area contributed by atoms with Crippen LogP contribution in [-0.2, 0) is 0 Å². The number of nitrogens with one attached hydrogen (secondary N) is 1. The number of rotatable bonds is 3. The fraction of sp³-hybridized carbons (Fsp3) is 0.0909. The molecule has 4 heteroatoms. The van der Waals surface area contributed by atoms with Crippen molar-refractivity contribution >= 4 is 28.7 Å². The summed E-state index contributed by atoms with van der Waals surface area (Å²) in [5.74, 6) is 0. The molecule has 0 radical (unpaired) electrons. The van der Waals surface area contributed by atoms with Gasteiger partial charge in [0.15, 0.2) is 0 Å². The van der Waals surface area contributed by atoms with Crippen molar-refractivity contribution in [2.24, 2.45) is 0 Å². The SMILES string of the molecule is SNC(c1ccoc1)c1cccc(Br)c1. The molecule has 2 aromatic rings. The Morgan fingerprint density at radius 2 is 2.13 bits per heavy atom. The van der Waals surface area contributed by atoms with E-state index < -0.39 is 0 Å². The summed E-state index contributed by atoms with van der Waals surface area (Å²) < 4.78 is 9.08. The Morgan fingerprint density at radius 1 is 1.27 bits per heavy atom. The molecule has 0 aliphatic rings. The molecular formula is C11H10BrNOS. The van der Waals surface area contributed by atoms with Crippen LogP contribution >= 0.6 is 28.7 Å². The van der Waals surface area contributed by atoms with Gasteiger partial charge in [-0.3, -0.25) is 4.72 Å². The third-order valence-electron chi connectivity index (χ3n) is 2.19. The maximum atomic E-state index is 5.06. The maximum absolute atomic E-state index is 5.06. The lowest BCUT2D eigenvalue weighted by Gasteiger charge is -2.14. The van der Waals surface area contributed by atoms with Crippen molar-refractivity contribution in [3.63, 3.8) is 0 Å². The molecule has 1 unspecified atom stereocenters. The monoisotopic (exact) mass is 283 g/mol. The predicted octanol–water partition coefficient (Wildman–Crippen LogP) is 3.57. The molecule has 1 N–H and O–H groups in total. The molecule has 1 aromatic heterocycles. The van der Waals surface area contributed by atoms with Gasteiger partial charge in [-0.2, -0.15) is 0 Å². The highest BCUT2D eigenvalue weighted by atomic mass is 79.9. The highest BCUT2D eigenvalue weighted by molar-refractivity contribution is 9.10. The molecule has 0 bridgehead atoms. The van der Waals surface area contributed by atoms with Gasteiger partial charge in [0.1, 0.15) is 0 Å². The van der Waals surface area contributed by atoms with Crippen LogP contribution in [0.4, 0.5) is 0 Å². The summed E-state index contributed by atoms with van der Waals surface area (Å²) in [6.45, 7) is 0. The number of hydrogen-bond acceptors (Lipinski definition) is 3. The van der Waals surface area contributed by atoms with Crippen LogP contribution in [-0.4, -0.2) is 0 Å². The van der Waals surface area contributed by atoms with E-state index >= 15 is 0 Å². The fourth-order valence-corrected chi connectivity index (χ4v) is 2.18. The third-order valence-corrected chi connectivity index (χ3v) is 2.94. The van der Waals surface area contributed by atoms with Gasteiger partial charge in [0.25, 0.3) is 0 Å². The van der Waals surface area contributed by atoms with E-state index in [1.54, 1.807) is 12.5 Å². The first-order valence-electron chi connectivity index (χ1n) is 4.48. The number of hydrogen-bond donors (Lipinski definition) is 2. The van der Waals surface area contributed by atoms with E-state index in [1.807, 2.05) is 24.3 Å². The van der Waals surface area contributed by atoms with Crippen molar-refractivity contribution in [1.29, 1.82) is 0 Å². The molecule has 1 atom stereocenters. The van der Waals surface area contributed by atoms with Crippen molar-refractivity contribution < 1.29 is 4.42 Å². The number of thiol groups is 1. The van der Waals surface area contributed by atoms with Crippen LogP contribution in [0.25, 0.3) is 0 Å². The largest absolute Gasteiger partial charge is 0.472 e. The first-order chi connectivity index (χ1) is 7.31. The zero-order chi connectivity index (χ0) is 10.7. The molecule has 1 heterocycles. The van der Waals surface area contributed by atoms with Crippen LogP contribution in [0.1, 0.15) is 17.2 Å². The van der Waals surface area contributed by atoms with E-state index in [4.69, 9.17) is 4.42 Å². The van der Waals surface area contributed by atoms with Crippen LogP contribution in [0.15, 0.2) is 51.7 Å². The summed E-state index contributed by atoms with van der Waals surface area (Å²) in [5, 5.41) is 0. The van der Waals surface area contributed by atoms with Gasteiger partial charge < -0.3 is 4.42 Å². The zero-order valence-corrected chi connectivity index (χ0v) is 10.3. The van der Waals surface area contributed by atoms with E-state index in [-0.39, 0.29) is 6.04 Å². The van der Waals surface area contributed by atoms with Gasteiger partial charge in [-0.15, -0.1) is 0 Å². The van der Waals surface area contributed by atoms with E-state index in [2.05, 4.69) is 39.5 Å².